The average Bonchev–Trinajstić information content (AvgIpc) is 3.21. The smallest absolute Gasteiger partial charge is 0.270 e. The minimum atomic E-state index is -0.342. The molecule has 1 aromatic carbocycles. The van der Waals surface area contributed by atoms with Crippen molar-refractivity contribution in [3.8, 4) is 17.1 Å². The Labute approximate surface area is 151 Å². The molecule has 136 valence electrons. The Morgan fingerprint density at radius 3 is 2.58 bits per heavy atom. The summed E-state index contributed by atoms with van der Waals surface area (Å²) in [5.41, 5.74) is 1.54. The summed E-state index contributed by atoms with van der Waals surface area (Å²) >= 11 is 0. The maximum Gasteiger partial charge on any atom is 0.270 e. The van der Waals surface area contributed by atoms with Gasteiger partial charge in [-0.3, -0.25) is 4.79 Å². The summed E-state index contributed by atoms with van der Waals surface area (Å²) in [6.45, 7) is 6.64. The Morgan fingerprint density at radius 1 is 1.23 bits per heavy atom. The lowest BCUT2D eigenvalue weighted by atomic mass is 10.1. The van der Waals surface area contributed by atoms with Gasteiger partial charge in [-0.15, -0.1) is 0 Å². The number of rotatable bonds is 6. The number of carbonyl (C=O) groups excluding carboxylic acids is 1. The van der Waals surface area contributed by atoms with E-state index in [4.69, 9.17) is 4.42 Å². The van der Waals surface area contributed by atoms with Gasteiger partial charge >= 0.3 is 0 Å². The van der Waals surface area contributed by atoms with Crippen molar-refractivity contribution < 1.29 is 13.6 Å². The van der Waals surface area contributed by atoms with Crippen LogP contribution in [0.25, 0.3) is 17.1 Å². The minimum absolute atomic E-state index is 0.225. The molecule has 2 aromatic heterocycles. The standard InChI is InChI=1S/C20H22FN3O2/c1-13(2)10-11-22-20(25)18-12-17(19-9-4-14(3)26-19)23-24(18)16-7-5-15(21)6-8-16/h4-9,12-13H,10-11H2,1-3H3,(H,22,25). The van der Waals surface area contributed by atoms with Gasteiger partial charge in [0.1, 0.15) is 23.0 Å². The average molecular weight is 355 g/mol. The summed E-state index contributed by atoms with van der Waals surface area (Å²) in [5, 5.41) is 7.41. The first-order chi connectivity index (χ1) is 12.4. The number of hydrogen-bond donors (Lipinski definition) is 1. The number of aromatic nitrogens is 2. The lowest BCUT2D eigenvalue weighted by Gasteiger charge is -2.09. The summed E-state index contributed by atoms with van der Waals surface area (Å²) in [6, 6.07) is 11.2. The second kappa shape index (κ2) is 7.56. The molecule has 0 spiro atoms. The highest BCUT2D eigenvalue weighted by molar-refractivity contribution is 5.94. The fourth-order valence-electron chi connectivity index (χ4n) is 2.58. The van der Waals surface area contributed by atoms with Crippen molar-refractivity contribution in [3.05, 3.63) is 59.7 Å². The number of nitrogens with one attached hydrogen (secondary N) is 1. The Kier molecular flexibility index (Phi) is 5.21. The molecule has 0 atom stereocenters. The highest BCUT2D eigenvalue weighted by Gasteiger charge is 2.19. The van der Waals surface area contributed by atoms with E-state index in [0.29, 0.717) is 35.3 Å². The molecule has 0 aliphatic heterocycles. The van der Waals surface area contributed by atoms with Crippen molar-refractivity contribution >= 4 is 5.91 Å². The van der Waals surface area contributed by atoms with E-state index in [1.54, 1.807) is 18.2 Å². The Morgan fingerprint density at radius 2 is 1.96 bits per heavy atom. The molecule has 0 aliphatic rings. The lowest BCUT2D eigenvalue weighted by molar-refractivity contribution is 0.0944. The van der Waals surface area contributed by atoms with Crippen LogP contribution in [0.4, 0.5) is 4.39 Å². The molecule has 3 aromatic rings. The number of hydrogen-bond acceptors (Lipinski definition) is 3. The van der Waals surface area contributed by atoms with Gasteiger partial charge in [-0.2, -0.15) is 5.10 Å². The lowest BCUT2D eigenvalue weighted by Crippen LogP contribution is -2.27. The number of furan rings is 1. The molecule has 0 bridgehead atoms. The molecule has 0 radical (unpaired) electrons. The van der Waals surface area contributed by atoms with Crippen LogP contribution >= 0.6 is 0 Å². The van der Waals surface area contributed by atoms with Gasteiger partial charge in [0.05, 0.1) is 5.69 Å². The fraction of sp³-hybridized carbons (Fsp3) is 0.300. The maximum atomic E-state index is 13.3. The SMILES string of the molecule is Cc1ccc(-c2cc(C(=O)NCCC(C)C)n(-c3ccc(F)cc3)n2)o1. The van der Waals surface area contributed by atoms with E-state index < -0.39 is 0 Å². The van der Waals surface area contributed by atoms with Crippen LogP contribution in [0.5, 0.6) is 0 Å². The van der Waals surface area contributed by atoms with Crippen LogP contribution in [0.3, 0.4) is 0 Å². The van der Waals surface area contributed by atoms with Crippen molar-refractivity contribution in [1.29, 1.82) is 0 Å². The molecule has 6 heteroatoms. The highest BCUT2D eigenvalue weighted by atomic mass is 19.1. The molecular weight excluding hydrogens is 333 g/mol. The van der Waals surface area contributed by atoms with Crippen LogP contribution in [0.1, 0.15) is 36.5 Å². The van der Waals surface area contributed by atoms with Crippen molar-refractivity contribution in [3.63, 3.8) is 0 Å². The molecule has 26 heavy (non-hydrogen) atoms. The van der Waals surface area contributed by atoms with E-state index in [0.717, 1.165) is 12.2 Å². The van der Waals surface area contributed by atoms with Gasteiger partial charge in [-0.25, -0.2) is 9.07 Å². The Hall–Kier alpha value is -2.89. The highest BCUT2D eigenvalue weighted by Crippen LogP contribution is 2.24. The molecule has 1 N–H and O–H groups in total. The normalized spacial score (nSPS) is 11.1. The Bertz CT molecular complexity index is 894. The maximum absolute atomic E-state index is 13.3. The van der Waals surface area contributed by atoms with Crippen LogP contribution in [0.2, 0.25) is 0 Å². The van der Waals surface area contributed by atoms with E-state index in [1.807, 2.05) is 19.1 Å². The first-order valence-electron chi connectivity index (χ1n) is 8.65. The van der Waals surface area contributed by atoms with Crippen LogP contribution in [0, 0.1) is 18.7 Å². The number of carbonyl (C=O) groups is 1. The van der Waals surface area contributed by atoms with Crippen LogP contribution in [-0.4, -0.2) is 22.2 Å². The summed E-state index contributed by atoms with van der Waals surface area (Å²) in [5.74, 6) is 1.28. The third-order valence-electron chi connectivity index (χ3n) is 4.01. The van der Waals surface area contributed by atoms with Crippen LogP contribution < -0.4 is 5.32 Å². The number of benzene rings is 1. The zero-order chi connectivity index (χ0) is 18.7. The molecule has 3 rings (SSSR count). The van der Waals surface area contributed by atoms with Crippen molar-refractivity contribution in [2.24, 2.45) is 5.92 Å². The molecule has 0 fully saturated rings. The topological polar surface area (TPSA) is 60.1 Å². The number of amides is 1. The molecule has 0 aliphatic carbocycles. The number of aryl methyl sites for hydroxylation is 1. The van der Waals surface area contributed by atoms with E-state index in [-0.39, 0.29) is 11.7 Å². The minimum Gasteiger partial charge on any atom is -0.460 e. The quantitative estimate of drug-likeness (QED) is 0.715. The molecule has 0 unspecified atom stereocenters. The second-order valence-corrected chi connectivity index (χ2v) is 6.65. The second-order valence-electron chi connectivity index (χ2n) is 6.65. The van der Waals surface area contributed by atoms with Gasteiger partial charge in [0.25, 0.3) is 5.91 Å². The van der Waals surface area contributed by atoms with Crippen molar-refractivity contribution in [2.75, 3.05) is 6.54 Å². The van der Waals surface area contributed by atoms with Crippen molar-refractivity contribution in [2.45, 2.75) is 27.2 Å². The molecule has 0 saturated heterocycles. The van der Waals surface area contributed by atoms with Gasteiger partial charge in [-0.1, -0.05) is 13.8 Å². The number of halogens is 1. The van der Waals surface area contributed by atoms with Gasteiger partial charge < -0.3 is 9.73 Å². The zero-order valence-corrected chi connectivity index (χ0v) is 15.1. The van der Waals surface area contributed by atoms with E-state index in [1.165, 1.54) is 16.8 Å². The van der Waals surface area contributed by atoms with Gasteiger partial charge in [-0.05, 0) is 55.7 Å². The predicted octanol–water partition coefficient (Wildman–Crippen LogP) is 4.36. The third kappa shape index (κ3) is 4.02. The zero-order valence-electron chi connectivity index (χ0n) is 15.1. The third-order valence-corrected chi connectivity index (χ3v) is 4.01. The van der Waals surface area contributed by atoms with Gasteiger partial charge in [0.2, 0.25) is 0 Å². The summed E-state index contributed by atoms with van der Waals surface area (Å²) in [4.78, 5) is 12.7. The molecule has 0 saturated carbocycles. The Balaban J connectivity index is 1.96. The van der Waals surface area contributed by atoms with Gasteiger partial charge in [0.15, 0.2) is 5.76 Å². The molecular formula is C20H22FN3O2. The number of nitrogens with zero attached hydrogens (tertiary/aromatic N) is 2. The summed E-state index contributed by atoms with van der Waals surface area (Å²) in [6.07, 6.45) is 0.890. The molecule has 5 nitrogen and oxygen atoms in total. The van der Waals surface area contributed by atoms with Crippen LogP contribution in [-0.2, 0) is 0 Å². The molecule has 2 heterocycles. The first kappa shape index (κ1) is 17.9. The largest absolute Gasteiger partial charge is 0.460 e. The van der Waals surface area contributed by atoms with Gasteiger partial charge in [0, 0.05) is 12.6 Å². The van der Waals surface area contributed by atoms with E-state index in [9.17, 15) is 9.18 Å². The summed E-state index contributed by atoms with van der Waals surface area (Å²) in [7, 11) is 0. The predicted molar refractivity (Wildman–Crippen MR) is 97.7 cm³/mol. The fourth-order valence-corrected chi connectivity index (χ4v) is 2.58. The van der Waals surface area contributed by atoms with E-state index in [2.05, 4.69) is 24.3 Å². The van der Waals surface area contributed by atoms with E-state index >= 15 is 0 Å². The monoisotopic (exact) mass is 355 g/mol. The van der Waals surface area contributed by atoms with Crippen LogP contribution in [0.15, 0.2) is 46.9 Å². The van der Waals surface area contributed by atoms with Crippen molar-refractivity contribution in [1.82, 2.24) is 15.1 Å². The molecule has 1 amide bonds. The first-order valence-corrected chi connectivity index (χ1v) is 8.65. The summed E-state index contributed by atoms with van der Waals surface area (Å²) < 4.78 is 20.4.